The van der Waals surface area contributed by atoms with Crippen LogP contribution >= 0.6 is 0 Å². The number of aryl methyl sites for hydroxylation is 1. The first-order chi connectivity index (χ1) is 15.0. The van der Waals surface area contributed by atoms with E-state index in [1.807, 2.05) is 30.0 Å². The van der Waals surface area contributed by atoms with Gasteiger partial charge in [-0.15, -0.1) is 0 Å². The van der Waals surface area contributed by atoms with E-state index in [2.05, 4.69) is 20.3 Å². The second kappa shape index (κ2) is 8.77. The van der Waals surface area contributed by atoms with Gasteiger partial charge < -0.3 is 10.3 Å². The number of hydrogen-bond donors (Lipinski definition) is 2. The summed E-state index contributed by atoms with van der Waals surface area (Å²) >= 11 is 0. The molecule has 0 aromatic carbocycles. The van der Waals surface area contributed by atoms with Crippen molar-refractivity contribution < 1.29 is 9.18 Å². The Morgan fingerprint density at radius 3 is 2.81 bits per heavy atom. The lowest BCUT2D eigenvalue weighted by Crippen LogP contribution is -2.35. The zero-order valence-corrected chi connectivity index (χ0v) is 17.5. The quantitative estimate of drug-likeness (QED) is 0.661. The molecule has 1 aliphatic rings. The van der Waals surface area contributed by atoms with Gasteiger partial charge in [-0.05, 0) is 41.3 Å². The third-order valence-corrected chi connectivity index (χ3v) is 5.49. The van der Waals surface area contributed by atoms with Crippen LogP contribution in [-0.2, 0) is 13.0 Å². The minimum absolute atomic E-state index is 0.0978. The number of amides is 1. The summed E-state index contributed by atoms with van der Waals surface area (Å²) in [5.41, 5.74) is 4.51. The van der Waals surface area contributed by atoms with Crippen LogP contribution < -0.4 is 10.9 Å². The standard InChI is InChI=1S/C23H24FN5O2/c1-3-15-9-20-21(28-22(15)30)8-14(10-26-20)12-29-7-6-17(18(24)13-29)16-4-5-19(27-11-16)23(31)25-2/h4-6,8-11,18H,3,7,12-13H2,1-2H3,(H,25,31)(H,28,30)/t18-/m1/s1. The Labute approximate surface area is 179 Å². The number of nitrogens with zero attached hydrogens (tertiary/aromatic N) is 3. The number of carbonyl (C=O) groups is 1. The number of alkyl halides is 1. The highest BCUT2D eigenvalue weighted by atomic mass is 19.1. The van der Waals surface area contributed by atoms with Crippen LogP contribution in [0.15, 0.2) is 47.5 Å². The number of halogens is 1. The molecule has 4 rings (SSSR count). The molecule has 0 radical (unpaired) electrons. The van der Waals surface area contributed by atoms with Crippen molar-refractivity contribution in [3.63, 3.8) is 0 Å². The first-order valence-electron chi connectivity index (χ1n) is 10.2. The first kappa shape index (κ1) is 20.9. The highest BCUT2D eigenvalue weighted by Gasteiger charge is 2.24. The van der Waals surface area contributed by atoms with Crippen molar-refractivity contribution >= 4 is 22.5 Å². The lowest BCUT2D eigenvalue weighted by molar-refractivity contribution is 0.0958. The van der Waals surface area contributed by atoms with Crippen molar-refractivity contribution in [3.05, 3.63) is 75.5 Å². The Bertz CT molecular complexity index is 1200. The number of hydrogen-bond acceptors (Lipinski definition) is 5. The summed E-state index contributed by atoms with van der Waals surface area (Å²) in [5.74, 6) is -0.275. The second-order valence-corrected chi connectivity index (χ2v) is 7.59. The lowest BCUT2D eigenvalue weighted by Gasteiger charge is -2.29. The van der Waals surface area contributed by atoms with Crippen LogP contribution in [0.5, 0.6) is 0 Å². The molecule has 0 saturated heterocycles. The fraction of sp³-hybridized carbons (Fsp3) is 0.304. The van der Waals surface area contributed by atoms with Crippen LogP contribution in [0, 0.1) is 0 Å². The van der Waals surface area contributed by atoms with Crippen molar-refractivity contribution in [2.75, 3.05) is 20.1 Å². The Morgan fingerprint density at radius 2 is 2.13 bits per heavy atom. The molecule has 0 fully saturated rings. The van der Waals surface area contributed by atoms with Gasteiger partial charge >= 0.3 is 0 Å². The zero-order valence-electron chi connectivity index (χ0n) is 17.5. The van der Waals surface area contributed by atoms with E-state index in [1.54, 1.807) is 25.4 Å². The molecule has 0 unspecified atom stereocenters. The highest BCUT2D eigenvalue weighted by Crippen LogP contribution is 2.26. The van der Waals surface area contributed by atoms with Crippen molar-refractivity contribution in [2.24, 2.45) is 0 Å². The van der Waals surface area contributed by atoms with Gasteiger partial charge in [-0.3, -0.25) is 24.5 Å². The van der Waals surface area contributed by atoms with Gasteiger partial charge in [0.15, 0.2) is 0 Å². The van der Waals surface area contributed by atoms with Crippen LogP contribution in [0.2, 0.25) is 0 Å². The minimum Gasteiger partial charge on any atom is -0.354 e. The van der Waals surface area contributed by atoms with Gasteiger partial charge in [0.2, 0.25) is 0 Å². The smallest absolute Gasteiger partial charge is 0.269 e. The molecule has 0 saturated carbocycles. The molecule has 1 aliphatic heterocycles. The summed E-state index contributed by atoms with van der Waals surface area (Å²) in [4.78, 5) is 37.2. The fourth-order valence-corrected chi connectivity index (χ4v) is 3.78. The summed E-state index contributed by atoms with van der Waals surface area (Å²) in [6, 6.07) is 7.03. The van der Waals surface area contributed by atoms with E-state index in [0.29, 0.717) is 47.4 Å². The van der Waals surface area contributed by atoms with Crippen molar-refractivity contribution in [1.29, 1.82) is 0 Å². The van der Waals surface area contributed by atoms with E-state index in [1.165, 1.54) is 6.20 Å². The fourth-order valence-electron chi connectivity index (χ4n) is 3.78. The van der Waals surface area contributed by atoms with E-state index in [9.17, 15) is 14.0 Å². The number of rotatable bonds is 5. The second-order valence-electron chi connectivity index (χ2n) is 7.59. The van der Waals surface area contributed by atoms with Crippen molar-refractivity contribution in [2.45, 2.75) is 26.1 Å². The van der Waals surface area contributed by atoms with Crippen LogP contribution in [0.4, 0.5) is 4.39 Å². The molecule has 3 aromatic rings. The molecule has 0 bridgehead atoms. The zero-order chi connectivity index (χ0) is 22.0. The molecule has 0 spiro atoms. The van der Waals surface area contributed by atoms with Crippen LogP contribution in [0.25, 0.3) is 16.6 Å². The van der Waals surface area contributed by atoms with Gasteiger partial charge in [0.1, 0.15) is 11.9 Å². The molecular weight excluding hydrogens is 397 g/mol. The molecule has 1 amide bonds. The van der Waals surface area contributed by atoms with Crippen LogP contribution in [0.1, 0.15) is 34.1 Å². The summed E-state index contributed by atoms with van der Waals surface area (Å²) in [6.45, 7) is 3.28. The van der Waals surface area contributed by atoms with E-state index in [-0.39, 0.29) is 18.0 Å². The van der Waals surface area contributed by atoms with Crippen molar-refractivity contribution in [1.82, 2.24) is 25.2 Å². The molecule has 160 valence electrons. The lowest BCUT2D eigenvalue weighted by atomic mass is 9.98. The molecule has 3 aromatic heterocycles. The van der Waals surface area contributed by atoms with E-state index in [0.717, 1.165) is 11.1 Å². The van der Waals surface area contributed by atoms with Crippen molar-refractivity contribution in [3.8, 4) is 0 Å². The summed E-state index contributed by atoms with van der Waals surface area (Å²) in [5, 5.41) is 2.52. The van der Waals surface area contributed by atoms with Gasteiger partial charge in [0.05, 0.1) is 11.0 Å². The Morgan fingerprint density at radius 1 is 1.29 bits per heavy atom. The maximum atomic E-state index is 14.9. The predicted molar refractivity (Wildman–Crippen MR) is 118 cm³/mol. The third kappa shape index (κ3) is 4.39. The normalized spacial score (nSPS) is 16.9. The Balaban J connectivity index is 1.48. The number of nitrogens with one attached hydrogen (secondary N) is 2. The molecule has 31 heavy (non-hydrogen) atoms. The molecule has 0 aliphatic carbocycles. The number of carbonyl (C=O) groups excluding carboxylic acids is 1. The number of aromatic amines is 1. The van der Waals surface area contributed by atoms with E-state index >= 15 is 0 Å². The number of fused-ring (bicyclic) bond motifs is 1. The molecule has 1 atom stereocenters. The number of pyridine rings is 3. The Kier molecular flexibility index (Phi) is 5.90. The topological polar surface area (TPSA) is 91.0 Å². The Hall–Kier alpha value is -3.39. The van der Waals surface area contributed by atoms with Crippen LogP contribution in [-0.4, -0.2) is 52.1 Å². The molecule has 8 heteroatoms. The minimum atomic E-state index is -1.17. The number of H-pyrrole nitrogens is 1. The van der Waals surface area contributed by atoms with E-state index in [4.69, 9.17) is 0 Å². The third-order valence-electron chi connectivity index (χ3n) is 5.49. The monoisotopic (exact) mass is 421 g/mol. The van der Waals surface area contributed by atoms with Gasteiger partial charge in [0, 0.05) is 44.6 Å². The number of aromatic nitrogens is 3. The van der Waals surface area contributed by atoms with E-state index < -0.39 is 6.17 Å². The van der Waals surface area contributed by atoms with Crippen LogP contribution in [0.3, 0.4) is 0 Å². The molecule has 4 heterocycles. The first-order valence-corrected chi connectivity index (χ1v) is 10.2. The van der Waals surface area contributed by atoms with Gasteiger partial charge in [-0.1, -0.05) is 19.1 Å². The largest absolute Gasteiger partial charge is 0.354 e. The van der Waals surface area contributed by atoms with Gasteiger partial charge in [0.25, 0.3) is 11.5 Å². The van der Waals surface area contributed by atoms with Gasteiger partial charge in [-0.2, -0.15) is 0 Å². The average Bonchev–Trinajstić information content (AvgIpc) is 2.78. The molecular formula is C23H24FN5O2. The predicted octanol–water partition coefficient (Wildman–Crippen LogP) is 2.48. The maximum Gasteiger partial charge on any atom is 0.269 e. The molecule has 2 N–H and O–H groups in total. The molecule has 7 nitrogen and oxygen atoms in total. The SMILES string of the molecule is CCc1cc2ncc(CN3CC=C(c4ccc(C(=O)NC)nc4)[C@H](F)C3)cc2[nH]c1=O. The average molecular weight is 421 g/mol. The van der Waals surface area contributed by atoms with Gasteiger partial charge in [-0.25, -0.2) is 4.39 Å². The maximum absolute atomic E-state index is 14.9. The highest BCUT2D eigenvalue weighted by molar-refractivity contribution is 5.92. The summed E-state index contributed by atoms with van der Waals surface area (Å²) in [7, 11) is 1.54. The summed E-state index contributed by atoms with van der Waals surface area (Å²) in [6.07, 6.45) is 4.65. The summed E-state index contributed by atoms with van der Waals surface area (Å²) < 4.78 is 14.9.